The number of nitrogens with zero attached hydrogens (tertiary/aromatic N) is 1. The lowest BCUT2D eigenvalue weighted by Gasteiger charge is -1.93. The molecule has 45 valence electrons. The molecule has 0 fully saturated rings. The van der Waals surface area contributed by atoms with Crippen LogP contribution in [0.1, 0.15) is 5.56 Å². The third-order valence-electron chi connectivity index (χ3n) is 1.47. The monoisotopic (exact) mass is 119 g/mol. The van der Waals surface area contributed by atoms with Crippen LogP contribution >= 0.6 is 0 Å². The minimum Gasteiger partial charge on any atom is -0.384 e. The second kappa shape index (κ2) is 1.72. The third kappa shape index (κ3) is 0.669. The van der Waals surface area contributed by atoms with Crippen molar-refractivity contribution in [1.29, 1.82) is 0 Å². The standard InChI is InChI=1S/C7H7N2/c1-4-9-7-2-3-8-5-6(1)7/h1-3,5,9H,4H2. The van der Waals surface area contributed by atoms with Crippen molar-refractivity contribution in [2.24, 2.45) is 0 Å². The zero-order valence-electron chi connectivity index (χ0n) is 4.96. The Bertz CT molecular complexity index is 197. The summed E-state index contributed by atoms with van der Waals surface area (Å²) in [5, 5.41) is 3.20. The predicted molar refractivity (Wildman–Crippen MR) is 36.1 cm³/mol. The third-order valence-corrected chi connectivity index (χ3v) is 1.47. The summed E-state index contributed by atoms with van der Waals surface area (Å²) >= 11 is 0. The molecule has 1 aliphatic rings. The van der Waals surface area contributed by atoms with Crippen molar-refractivity contribution in [2.75, 3.05) is 11.9 Å². The van der Waals surface area contributed by atoms with Crippen LogP contribution in [0.4, 0.5) is 5.69 Å². The van der Waals surface area contributed by atoms with Gasteiger partial charge in [-0.1, -0.05) is 0 Å². The maximum atomic E-state index is 3.99. The molecule has 0 unspecified atom stereocenters. The number of rotatable bonds is 0. The van der Waals surface area contributed by atoms with Crippen LogP contribution in [0.2, 0.25) is 0 Å². The van der Waals surface area contributed by atoms with Gasteiger partial charge in [0.05, 0.1) is 0 Å². The quantitative estimate of drug-likeness (QED) is 0.552. The molecular weight excluding hydrogens is 112 g/mol. The Morgan fingerprint density at radius 2 is 2.56 bits per heavy atom. The topological polar surface area (TPSA) is 24.9 Å². The van der Waals surface area contributed by atoms with Gasteiger partial charge in [0.15, 0.2) is 0 Å². The highest BCUT2D eigenvalue weighted by Gasteiger charge is 2.07. The normalized spacial score (nSPS) is 14.7. The zero-order valence-corrected chi connectivity index (χ0v) is 4.96. The Morgan fingerprint density at radius 1 is 1.56 bits per heavy atom. The second-order valence-electron chi connectivity index (χ2n) is 2.05. The van der Waals surface area contributed by atoms with Gasteiger partial charge in [0, 0.05) is 31.0 Å². The molecule has 0 saturated carbocycles. The molecule has 1 aliphatic heterocycles. The van der Waals surface area contributed by atoms with Crippen LogP contribution in [0.5, 0.6) is 0 Å². The number of aromatic nitrogens is 1. The van der Waals surface area contributed by atoms with Crippen LogP contribution < -0.4 is 5.32 Å². The van der Waals surface area contributed by atoms with E-state index in [4.69, 9.17) is 0 Å². The molecular formula is C7H7N2. The summed E-state index contributed by atoms with van der Waals surface area (Å²) in [6, 6.07) is 1.98. The Morgan fingerprint density at radius 3 is 3.44 bits per heavy atom. The summed E-state index contributed by atoms with van der Waals surface area (Å²) in [7, 11) is 0. The summed E-state index contributed by atoms with van der Waals surface area (Å²) in [4.78, 5) is 3.99. The van der Waals surface area contributed by atoms with E-state index in [1.807, 2.05) is 12.3 Å². The minimum atomic E-state index is 0.945. The van der Waals surface area contributed by atoms with Crippen molar-refractivity contribution in [2.45, 2.75) is 0 Å². The Kier molecular flexibility index (Phi) is 0.918. The van der Waals surface area contributed by atoms with Gasteiger partial charge < -0.3 is 5.32 Å². The van der Waals surface area contributed by atoms with Crippen LogP contribution in [0.3, 0.4) is 0 Å². The molecule has 0 bridgehead atoms. The lowest BCUT2D eigenvalue weighted by Crippen LogP contribution is -1.89. The van der Waals surface area contributed by atoms with E-state index in [0.717, 1.165) is 6.54 Å². The zero-order chi connectivity index (χ0) is 6.10. The van der Waals surface area contributed by atoms with E-state index in [2.05, 4.69) is 16.7 Å². The fourth-order valence-electron chi connectivity index (χ4n) is 1.00. The first-order valence-corrected chi connectivity index (χ1v) is 2.98. The van der Waals surface area contributed by atoms with Gasteiger partial charge in [-0.25, -0.2) is 0 Å². The van der Waals surface area contributed by atoms with Crippen molar-refractivity contribution >= 4 is 5.69 Å². The molecule has 1 radical (unpaired) electrons. The second-order valence-corrected chi connectivity index (χ2v) is 2.05. The SMILES string of the molecule is [CH]1CNc2ccncc21. The Labute approximate surface area is 53.9 Å². The number of nitrogens with one attached hydrogen (secondary N) is 1. The van der Waals surface area contributed by atoms with Crippen molar-refractivity contribution < 1.29 is 0 Å². The molecule has 2 heteroatoms. The molecule has 1 aromatic heterocycles. The highest BCUT2D eigenvalue weighted by molar-refractivity contribution is 5.58. The van der Waals surface area contributed by atoms with E-state index in [1.165, 1.54) is 11.3 Å². The number of pyridine rings is 1. The van der Waals surface area contributed by atoms with Crippen LogP contribution in [-0.4, -0.2) is 11.5 Å². The van der Waals surface area contributed by atoms with Gasteiger partial charge in [-0.2, -0.15) is 0 Å². The van der Waals surface area contributed by atoms with Gasteiger partial charge in [-0.3, -0.25) is 4.98 Å². The van der Waals surface area contributed by atoms with Crippen molar-refractivity contribution in [3.05, 3.63) is 30.4 Å². The van der Waals surface area contributed by atoms with Crippen molar-refractivity contribution in [3.63, 3.8) is 0 Å². The maximum Gasteiger partial charge on any atom is 0.0407 e. The fraction of sp³-hybridized carbons (Fsp3) is 0.143. The largest absolute Gasteiger partial charge is 0.384 e. The average Bonchev–Trinajstić information content (AvgIpc) is 2.33. The number of anilines is 1. The van der Waals surface area contributed by atoms with Crippen LogP contribution in [-0.2, 0) is 0 Å². The van der Waals surface area contributed by atoms with Gasteiger partial charge >= 0.3 is 0 Å². The van der Waals surface area contributed by atoms with Gasteiger partial charge in [-0.15, -0.1) is 0 Å². The van der Waals surface area contributed by atoms with E-state index in [9.17, 15) is 0 Å². The van der Waals surface area contributed by atoms with Crippen LogP contribution in [0, 0.1) is 6.42 Å². The summed E-state index contributed by atoms with van der Waals surface area (Å²) in [5.74, 6) is 0. The average molecular weight is 119 g/mol. The molecule has 0 aliphatic carbocycles. The molecule has 0 spiro atoms. The number of hydrogen-bond donors (Lipinski definition) is 1. The summed E-state index contributed by atoms with van der Waals surface area (Å²) in [6.07, 6.45) is 5.79. The summed E-state index contributed by atoms with van der Waals surface area (Å²) < 4.78 is 0. The molecule has 0 amide bonds. The van der Waals surface area contributed by atoms with Gasteiger partial charge in [0.1, 0.15) is 0 Å². The highest BCUT2D eigenvalue weighted by atomic mass is 14.9. The summed E-state index contributed by atoms with van der Waals surface area (Å²) in [6.45, 7) is 0.945. The summed E-state index contributed by atoms with van der Waals surface area (Å²) in [5.41, 5.74) is 2.42. The number of fused-ring (bicyclic) bond motifs is 1. The van der Waals surface area contributed by atoms with Gasteiger partial charge in [0.25, 0.3) is 0 Å². The molecule has 1 aromatic rings. The van der Waals surface area contributed by atoms with Gasteiger partial charge in [-0.05, 0) is 11.6 Å². The van der Waals surface area contributed by atoms with Gasteiger partial charge in [0.2, 0.25) is 0 Å². The van der Waals surface area contributed by atoms with E-state index in [0.29, 0.717) is 0 Å². The first-order valence-electron chi connectivity index (χ1n) is 2.98. The van der Waals surface area contributed by atoms with Crippen molar-refractivity contribution in [3.8, 4) is 0 Å². The highest BCUT2D eigenvalue weighted by Crippen LogP contribution is 2.20. The molecule has 2 nitrogen and oxygen atoms in total. The first-order chi connectivity index (χ1) is 4.47. The van der Waals surface area contributed by atoms with E-state index >= 15 is 0 Å². The smallest absolute Gasteiger partial charge is 0.0407 e. The predicted octanol–water partition coefficient (Wildman–Crippen LogP) is 1.06. The van der Waals surface area contributed by atoms with E-state index in [-0.39, 0.29) is 0 Å². The Hall–Kier alpha value is -1.05. The molecule has 0 aromatic carbocycles. The Balaban J connectivity index is 2.54. The minimum absolute atomic E-state index is 0.945. The molecule has 1 N–H and O–H groups in total. The lowest BCUT2D eigenvalue weighted by molar-refractivity contribution is 1.30. The maximum absolute atomic E-state index is 3.99. The molecule has 0 atom stereocenters. The van der Waals surface area contributed by atoms with Crippen LogP contribution in [0.15, 0.2) is 18.5 Å². The molecule has 9 heavy (non-hydrogen) atoms. The fourth-order valence-corrected chi connectivity index (χ4v) is 1.00. The first kappa shape index (κ1) is 4.79. The molecule has 2 heterocycles. The molecule has 2 rings (SSSR count). The van der Waals surface area contributed by atoms with Crippen LogP contribution in [0.25, 0.3) is 0 Å². The number of hydrogen-bond acceptors (Lipinski definition) is 2. The molecule has 0 saturated heterocycles. The lowest BCUT2D eigenvalue weighted by atomic mass is 10.2. The van der Waals surface area contributed by atoms with E-state index in [1.54, 1.807) is 6.20 Å². The van der Waals surface area contributed by atoms with Crippen molar-refractivity contribution in [1.82, 2.24) is 4.98 Å². The van der Waals surface area contributed by atoms with E-state index < -0.39 is 0 Å².